The average molecular weight is 294 g/mol. The molecule has 21 heavy (non-hydrogen) atoms. The Morgan fingerprint density at radius 3 is 1.38 bits per heavy atom. The van der Waals surface area contributed by atoms with Crippen molar-refractivity contribution < 1.29 is 0 Å². The third-order valence-corrected chi connectivity index (χ3v) is 7.26. The standard InChI is InChI=1S/2C10H7.Ca/c2*1-2-6-10-8-4-3-7-9(10)5-1;/h2*1-7H;. The van der Waals surface area contributed by atoms with E-state index in [2.05, 4.69) is 84.9 Å². The molecule has 0 saturated carbocycles. The molecule has 0 unspecified atom stereocenters. The zero-order valence-electron chi connectivity index (χ0n) is 11.8. The van der Waals surface area contributed by atoms with Gasteiger partial charge in [-0.1, -0.05) is 0 Å². The molecule has 1 heteroatoms. The molecule has 0 aromatic heterocycles. The maximum atomic E-state index is 2.32. The molecule has 4 aromatic carbocycles. The summed E-state index contributed by atoms with van der Waals surface area (Å²) >= 11 is -0.986. The van der Waals surface area contributed by atoms with E-state index in [0.717, 1.165) is 0 Å². The van der Waals surface area contributed by atoms with Crippen LogP contribution in [0.25, 0.3) is 21.5 Å². The Hall–Kier alpha value is -1.34. The van der Waals surface area contributed by atoms with Gasteiger partial charge >= 0.3 is 144 Å². The molecule has 0 fully saturated rings. The van der Waals surface area contributed by atoms with Crippen LogP contribution in [0.15, 0.2) is 84.9 Å². The van der Waals surface area contributed by atoms with Gasteiger partial charge in [-0.2, -0.15) is 0 Å². The molecule has 0 bridgehead atoms. The average Bonchev–Trinajstić information content (AvgIpc) is 2.56. The summed E-state index contributed by atoms with van der Waals surface area (Å²) in [5.41, 5.74) is 0. The Bertz CT molecular complexity index is 837. The van der Waals surface area contributed by atoms with E-state index in [9.17, 15) is 0 Å². The maximum absolute atomic E-state index is 2.32. The van der Waals surface area contributed by atoms with E-state index in [1.165, 1.54) is 21.5 Å². The van der Waals surface area contributed by atoms with Gasteiger partial charge in [-0.3, -0.25) is 0 Å². The summed E-state index contributed by atoms with van der Waals surface area (Å²) in [6, 6.07) is 31.0. The van der Waals surface area contributed by atoms with Crippen molar-refractivity contribution in [2.75, 3.05) is 0 Å². The molecule has 0 nitrogen and oxygen atoms in total. The van der Waals surface area contributed by atoms with Crippen LogP contribution < -0.4 is 3.32 Å². The second kappa shape index (κ2) is 5.81. The monoisotopic (exact) mass is 294 g/mol. The molecule has 0 N–H and O–H groups in total. The SMILES string of the molecule is c1ccc2[c]([Ca][c]3cccc4ccccc34)cccc2c1. The van der Waals surface area contributed by atoms with Crippen molar-refractivity contribution in [2.24, 2.45) is 0 Å². The van der Waals surface area contributed by atoms with Gasteiger partial charge in [0.15, 0.2) is 0 Å². The molecule has 4 aromatic rings. The van der Waals surface area contributed by atoms with Crippen molar-refractivity contribution >= 4 is 58.7 Å². The molecule has 0 radical (unpaired) electrons. The van der Waals surface area contributed by atoms with E-state index in [1.54, 1.807) is 3.32 Å². The normalized spacial score (nSPS) is 10.7. The summed E-state index contributed by atoms with van der Waals surface area (Å²) in [7, 11) is 0. The molecule has 0 aliphatic heterocycles. The topological polar surface area (TPSA) is 0 Å². The molecule has 0 amide bonds. The number of rotatable bonds is 2. The molecule has 96 valence electrons. The van der Waals surface area contributed by atoms with Gasteiger partial charge in [-0.15, -0.1) is 0 Å². The van der Waals surface area contributed by atoms with Gasteiger partial charge in [0.25, 0.3) is 0 Å². The summed E-state index contributed by atoms with van der Waals surface area (Å²) < 4.78 is 3.16. The Morgan fingerprint density at radius 1 is 0.429 bits per heavy atom. The van der Waals surface area contributed by atoms with Crippen LogP contribution in [0.3, 0.4) is 0 Å². The number of benzene rings is 4. The predicted octanol–water partition coefficient (Wildman–Crippen LogP) is 3.65. The van der Waals surface area contributed by atoms with E-state index >= 15 is 0 Å². The Morgan fingerprint density at radius 2 is 0.857 bits per heavy atom. The molecule has 0 saturated heterocycles. The Kier molecular flexibility index (Phi) is 3.69. The molecule has 4 rings (SSSR count). The van der Waals surface area contributed by atoms with Gasteiger partial charge in [0.1, 0.15) is 0 Å². The van der Waals surface area contributed by atoms with Gasteiger partial charge in [0.05, 0.1) is 0 Å². The van der Waals surface area contributed by atoms with E-state index in [-0.39, 0.29) is 0 Å². The van der Waals surface area contributed by atoms with E-state index in [1.807, 2.05) is 0 Å². The predicted molar refractivity (Wildman–Crippen MR) is 92.9 cm³/mol. The van der Waals surface area contributed by atoms with Gasteiger partial charge < -0.3 is 0 Å². The number of fused-ring (bicyclic) bond motifs is 2. The summed E-state index contributed by atoms with van der Waals surface area (Å²) in [4.78, 5) is 0. The quantitative estimate of drug-likeness (QED) is 0.495. The van der Waals surface area contributed by atoms with Crippen molar-refractivity contribution in [3.8, 4) is 0 Å². The van der Waals surface area contributed by atoms with E-state index in [4.69, 9.17) is 0 Å². The van der Waals surface area contributed by atoms with Crippen LogP contribution in [0.1, 0.15) is 0 Å². The first-order valence-corrected chi connectivity index (χ1v) is 9.56. The summed E-state index contributed by atoms with van der Waals surface area (Å²) in [5, 5.41) is 5.60. The molecular formula is C20H14Ca. The van der Waals surface area contributed by atoms with Crippen molar-refractivity contribution in [2.45, 2.75) is 0 Å². The van der Waals surface area contributed by atoms with Crippen LogP contribution in [0.2, 0.25) is 0 Å². The van der Waals surface area contributed by atoms with Crippen LogP contribution in [0, 0.1) is 0 Å². The fourth-order valence-corrected chi connectivity index (χ4v) is 6.13. The van der Waals surface area contributed by atoms with E-state index in [0.29, 0.717) is 0 Å². The number of hydrogen-bond donors (Lipinski definition) is 0. The van der Waals surface area contributed by atoms with Gasteiger partial charge in [-0.25, -0.2) is 0 Å². The van der Waals surface area contributed by atoms with Gasteiger partial charge in [0.2, 0.25) is 0 Å². The van der Waals surface area contributed by atoms with Crippen molar-refractivity contribution in [3.63, 3.8) is 0 Å². The van der Waals surface area contributed by atoms with Gasteiger partial charge in [0, 0.05) is 0 Å². The van der Waals surface area contributed by atoms with Crippen molar-refractivity contribution in [3.05, 3.63) is 84.9 Å². The third kappa shape index (κ3) is 2.60. The van der Waals surface area contributed by atoms with Gasteiger partial charge in [-0.05, 0) is 0 Å². The summed E-state index contributed by atoms with van der Waals surface area (Å²) in [5.74, 6) is 0. The minimum atomic E-state index is -0.986. The minimum absolute atomic E-state index is 0.986. The molecular weight excluding hydrogens is 280 g/mol. The van der Waals surface area contributed by atoms with Crippen molar-refractivity contribution in [1.29, 1.82) is 0 Å². The summed E-state index contributed by atoms with van der Waals surface area (Å²) in [6.45, 7) is 0. The fourth-order valence-electron chi connectivity index (χ4n) is 3.10. The molecule has 0 aliphatic rings. The third-order valence-electron chi connectivity index (χ3n) is 4.14. The van der Waals surface area contributed by atoms with Crippen LogP contribution in [-0.2, 0) is 0 Å². The van der Waals surface area contributed by atoms with E-state index < -0.39 is 33.8 Å². The fraction of sp³-hybridized carbons (Fsp3) is 0. The number of hydrogen-bond acceptors (Lipinski definition) is 0. The Balaban J connectivity index is 1.87. The molecule has 0 heterocycles. The summed E-state index contributed by atoms with van der Waals surface area (Å²) in [6.07, 6.45) is 0. The first kappa shape index (κ1) is 13.3. The second-order valence-electron chi connectivity index (χ2n) is 5.45. The molecule has 0 spiro atoms. The van der Waals surface area contributed by atoms with Crippen LogP contribution in [0.4, 0.5) is 0 Å². The van der Waals surface area contributed by atoms with Crippen LogP contribution >= 0.6 is 0 Å². The zero-order valence-corrected chi connectivity index (χ0v) is 14.0. The van der Waals surface area contributed by atoms with Crippen LogP contribution in [0.5, 0.6) is 0 Å². The van der Waals surface area contributed by atoms with Crippen molar-refractivity contribution in [1.82, 2.24) is 0 Å². The first-order chi connectivity index (χ1) is 10.4. The van der Waals surface area contributed by atoms with Crippen LogP contribution in [-0.4, -0.2) is 33.8 Å². The molecule has 0 atom stereocenters. The Labute approximate surface area is 142 Å². The first-order valence-electron chi connectivity index (χ1n) is 7.35. The zero-order chi connectivity index (χ0) is 14.1. The second-order valence-corrected chi connectivity index (χ2v) is 8.38. The molecule has 0 aliphatic carbocycles.